The van der Waals surface area contributed by atoms with Crippen LogP contribution in [-0.2, 0) is 4.79 Å². The molecular weight excluding hydrogens is 510 g/mol. The number of anilines is 3. The van der Waals surface area contributed by atoms with Crippen LogP contribution in [0.3, 0.4) is 0 Å². The lowest BCUT2D eigenvalue weighted by Gasteiger charge is -2.34. The highest BCUT2D eigenvalue weighted by Gasteiger charge is 2.21. The molecule has 0 spiro atoms. The number of nitrogens with zero attached hydrogens (tertiary/aromatic N) is 6. The molecule has 4 heterocycles. The fraction of sp³-hybridized carbons (Fsp3) is 0.345. The van der Waals surface area contributed by atoms with Crippen molar-refractivity contribution in [1.29, 1.82) is 0 Å². The summed E-state index contributed by atoms with van der Waals surface area (Å²) >= 11 is 1.66. The molecule has 202 valence electrons. The number of benzene rings is 1. The number of amides is 1. The number of thiazole rings is 1. The van der Waals surface area contributed by atoms with Crippen molar-refractivity contribution >= 4 is 34.7 Å². The van der Waals surface area contributed by atoms with Crippen molar-refractivity contribution in [2.45, 2.75) is 33.6 Å². The highest BCUT2D eigenvalue weighted by atomic mass is 32.1. The molecular formula is C29H33N7O2S. The zero-order valence-corrected chi connectivity index (χ0v) is 23.7. The van der Waals surface area contributed by atoms with E-state index in [1.165, 1.54) is 0 Å². The molecule has 39 heavy (non-hydrogen) atoms. The van der Waals surface area contributed by atoms with Gasteiger partial charge in [0, 0.05) is 50.8 Å². The largest absolute Gasteiger partial charge is 0.497 e. The van der Waals surface area contributed by atoms with Gasteiger partial charge in [0.05, 0.1) is 40.3 Å². The van der Waals surface area contributed by atoms with Crippen LogP contribution in [0.1, 0.15) is 37.3 Å². The molecule has 10 heteroatoms. The lowest BCUT2D eigenvalue weighted by atomic mass is 10.1. The molecule has 1 amide bonds. The third-order valence-corrected chi connectivity index (χ3v) is 8.02. The molecule has 1 aliphatic heterocycles. The Bertz CT molecular complexity index is 1460. The van der Waals surface area contributed by atoms with E-state index in [0.29, 0.717) is 25.0 Å². The normalized spacial score (nSPS) is 13.6. The fourth-order valence-corrected chi connectivity index (χ4v) is 5.59. The van der Waals surface area contributed by atoms with Gasteiger partial charge in [-0.25, -0.2) is 19.9 Å². The van der Waals surface area contributed by atoms with Gasteiger partial charge in [0.15, 0.2) is 0 Å². The molecule has 1 aliphatic rings. The Balaban J connectivity index is 1.38. The summed E-state index contributed by atoms with van der Waals surface area (Å²) in [6.45, 7) is 10.9. The minimum Gasteiger partial charge on any atom is -0.497 e. The maximum Gasteiger partial charge on any atom is 0.227 e. The molecule has 1 saturated heterocycles. The molecule has 0 atom stereocenters. The summed E-state index contributed by atoms with van der Waals surface area (Å²) in [5.74, 6) is 2.60. The summed E-state index contributed by atoms with van der Waals surface area (Å²) in [4.78, 5) is 35.6. The lowest BCUT2D eigenvalue weighted by Crippen LogP contribution is -2.48. The number of carbonyl (C=O) groups excluding carboxylic acids is 1. The Morgan fingerprint density at radius 2 is 1.85 bits per heavy atom. The van der Waals surface area contributed by atoms with E-state index in [2.05, 4.69) is 47.0 Å². The second-order valence-corrected chi connectivity index (χ2v) is 10.9. The van der Waals surface area contributed by atoms with E-state index >= 15 is 0 Å². The minimum absolute atomic E-state index is 0.119. The van der Waals surface area contributed by atoms with Crippen molar-refractivity contribution in [3.05, 3.63) is 59.4 Å². The molecule has 1 N–H and O–H groups in total. The number of carbonyl (C=O) groups is 1. The highest BCUT2D eigenvalue weighted by Crippen LogP contribution is 2.40. The van der Waals surface area contributed by atoms with Gasteiger partial charge in [0.2, 0.25) is 11.9 Å². The van der Waals surface area contributed by atoms with Crippen molar-refractivity contribution in [2.24, 2.45) is 0 Å². The quantitative estimate of drug-likeness (QED) is 0.326. The van der Waals surface area contributed by atoms with Crippen molar-refractivity contribution in [3.8, 4) is 27.6 Å². The first kappa shape index (κ1) is 26.6. The lowest BCUT2D eigenvalue weighted by molar-refractivity contribution is -0.129. The number of rotatable bonds is 7. The first-order valence-electron chi connectivity index (χ1n) is 13.0. The Kier molecular flexibility index (Phi) is 7.74. The van der Waals surface area contributed by atoms with Crippen LogP contribution in [0, 0.1) is 6.92 Å². The molecule has 0 unspecified atom stereocenters. The predicted molar refractivity (Wildman–Crippen MR) is 156 cm³/mol. The van der Waals surface area contributed by atoms with Gasteiger partial charge < -0.3 is 19.9 Å². The van der Waals surface area contributed by atoms with E-state index in [1.54, 1.807) is 37.8 Å². The highest BCUT2D eigenvalue weighted by molar-refractivity contribution is 7.15. The summed E-state index contributed by atoms with van der Waals surface area (Å²) in [5.41, 5.74) is 4.61. The molecule has 1 aromatic carbocycles. The molecule has 0 aliphatic carbocycles. The Labute approximate surface area is 232 Å². The van der Waals surface area contributed by atoms with Gasteiger partial charge in [0.1, 0.15) is 11.6 Å². The number of aromatic nitrogens is 4. The van der Waals surface area contributed by atoms with Gasteiger partial charge in [-0.3, -0.25) is 4.79 Å². The van der Waals surface area contributed by atoms with Crippen LogP contribution in [0.2, 0.25) is 0 Å². The van der Waals surface area contributed by atoms with Gasteiger partial charge in [-0.05, 0) is 48.9 Å². The summed E-state index contributed by atoms with van der Waals surface area (Å²) in [5, 5.41) is 4.34. The molecule has 9 nitrogen and oxygen atoms in total. The van der Waals surface area contributed by atoms with Crippen LogP contribution >= 0.6 is 11.3 Å². The van der Waals surface area contributed by atoms with Crippen LogP contribution < -0.4 is 15.0 Å². The third kappa shape index (κ3) is 6.01. The predicted octanol–water partition coefficient (Wildman–Crippen LogP) is 5.51. The van der Waals surface area contributed by atoms with Crippen molar-refractivity contribution in [2.75, 3.05) is 43.5 Å². The number of hydrogen-bond acceptors (Lipinski definition) is 9. The third-order valence-electron chi connectivity index (χ3n) is 6.64. The Morgan fingerprint density at radius 1 is 1.05 bits per heavy atom. The second kappa shape index (κ2) is 11.4. The monoisotopic (exact) mass is 543 g/mol. The molecule has 3 aromatic heterocycles. The van der Waals surface area contributed by atoms with Gasteiger partial charge >= 0.3 is 0 Å². The zero-order chi connectivity index (χ0) is 27.5. The second-order valence-electron chi connectivity index (χ2n) is 9.91. The van der Waals surface area contributed by atoms with Gasteiger partial charge in [-0.2, -0.15) is 0 Å². The van der Waals surface area contributed by atoms with Crippen molar-refractivity contribution < 1.29 is 9.53 Å². The summed E-state index contributed by atoms with van der Waals surface area (Å²) in [6, 6.07) is 12.0. The van der Waals surface area contributed by atoms with Gasteiger partial charge in [0.25, 0.3) is 0 Å². The van der Waals surface area contributed by atoms with Crippen LogP contribution in [0.5, 0.6) is 5.75 Å². The molecule has 0 saturated carbocycles. The number of piperazine rings is 1. The van der Waals surface area contributed by atoms with Crippen molar-refractivity contribution in [3.63, 3.8) is 0 Å². The Morgan fingerprint density at radius 3 is 2.51 bits per heavy atom. The first-order valence-corrected chi connectivity index (χ1v) is 13.9. The van der Waals surface area contributed by atoms with E-state index in [4.69, 9.17) is 14.7 Å². The summed E-state index contributed by atoms with van der Waals surface area (Å²) < 4.78 is 5.52. The number of methoxy groups -OCH3 is 1. The van der Waals surface area contributed by atoms with Crippen LogP contribution in [0.4, 0.5) is 17.5 Å². The van der Waals surface area contributed by atoms with Crippen LogP contribution in [-0.4, -0.2) is 64.0 Å². The van der Waals surface area contributed by atoms with E-state index in [0.717, 1.165) is 62.7 Å². The maximum atomic E-state index is 11.6. The molecule has 1 fully saturated rings. The SMILES string of the molecule is COc1cc(C)cc(-c2nc(C(C)C)sc2-c2ccnc(Nc3ccc(N4CCN(C(C)=O)CC4)nc3)n2)c1. The standard InChI is InChI=1S/C29H33N7O2S/c1-18(2)28-34-26(21-14-19(3)15-23(16-21)38-5)27(39-28)24-8-9-30-29(33-24)32-22-6-7-25(31-17-22)36-12-10-35(11-13-36)20(4)37/h6-9,14-18H,10-13H2,1-5H3,(H,30,32,33). The number of aryl methyl sites for hydroxylation is 1. The minimum atomic E-state index is 0.119. The topological polar surface area (TPSA) is 96.4 Å². The first-order chi connectivity index (χ1) is 18.8. The summed E-state index contributed by atoms with van der Waals surface area (Å²) in [7, 11) is 1.68. The molecule has 0 bridgehead atoms. The fourth-order valence-electron chi connectivity index (χ4n) is 4.53. The zero-order valence-electron chi connectivity index (χ0n) is 22.9. The Hall–Kier alpha value is -4.05. The molecule has 5 rings (SSSR count). The van der Waals surface area contributed by atoms with E-state index in [1.807, 2.05) is 35.2 Å². The number of ether oxygens (including phenoxy) is 1. The molecule has 0 radical (unpaired) electrons. The van der Waals surface area contributed by atoms with E-state index < -0.39 is 0 Å². The van der Waals surface area contributed by atoms with E-state index in [-0.39, 0.29) is 5.91 Å². The maximum absolute atomic E-state index is 11.6. The van der Waals surface area contributed by atoms with Gasteiger partial charge in [-0.1, -0.05) is 13.8 Å². The number of pyridine rings is 1. The van der Waals surface area contributed by atoms with E-state index in [9.17, 15) is 4.79 Å². The van der Waals surface area contributed by atoms with Gasteiger partial charge in [-0.15, -0.1) is 11.3 Å². The average Bonchev–Trinajstić information content (AvgIpc) is 3.40. The molecule has 4 aromatic rings. The summed E-state index contributed by atoms with van der Waals surface area (Å²) in [6.07, 6.45) is 3.55. The van der Waals surface area contributed by atoms with Crippen LogP contribution in [0.25, 0.3) is 21.8 Å². The number of hydrogen-bond donors (Lipinski definition) is 1. The van der Waals surface area contributed by atoms with Crippen LogP contribution in [0.15, 0.2) is 48.8 Å². The smallest absolute Gasteiger partial charge is 0.227 e. The average molecular weight is 544 g/mol. The van der Waals surface area contributed by atoms with Crippen molar-refractivity contribution in [1.82, 2.24) is 24.8 Å². The number of nitrogens with one attached hydrogen (secondary N) is 1.